The molecule has 0 aromatic carbocycles. The van der Waals surface area contributed by atoms with E-state index in [2.05, 4.69) is 39.9 Å². The van der Waals surface area contributed by atoms with E-state index < -0.39 is 18.4 Å². The van der Waals surface area contributed by atoms with Crippen LogP contribution in [0.1, 0.15) is 13.8 Å². The van der Waals surface area contributed by atoms with Crippen LogP contribution >= 0.6 is 20.7 Å². The number of hydrogen-bond donors (Lipinski definition) is 1. The van der Waals surface area contributed by atoms with Crippen molar-refractivity contribution in [1.82, 2.24) is 5.32 Å². The van der Waals surface area contributed by atoms with E-state index in [1.165, 1.54) is 14.0 Å². The molecule has 0 aliphatic carbocycles. The smallest absolute Gasteiger partial charge is 1.00 e. The van der Waals surface area contributed by atoms with Gasteiger partial charge in [0.2, 0.25) is 0 Å². The second-order valence-corrected chi connectivity index (χ2v) is 17.9. The van der Waals surface area contributed by atoms with Gasteiger partial charge in [0.15, 0.2) is 0 Å². The zero-order chi connectivity index (χ0) is 8.53. The second kappa shape index (κ2) is 12.7. The van der Waals surface area contributed by atoms with E-state index >= 15 is 0 Å². The molecule has 0 fully saturated rings. The quantitative estimate of drug-likeness (QED) is 0.372. The Morgan fingerprint density at radius 1 is 1.33 bits per heavy atom. The van der Waals surface area contributed by atoms with Crippen molar-refractivity contribution in [1.29, 1.82) is 0 Å². The molecular formula is C7H18ClNS2Sn. The van der Waals surface area contributed by atoms with E-state index in [0.29, 0.717) is 0 Å². The van der Waals surface area contributed by atoms with Crippen molar-refractivity contribution in [2.45, 2.75) is 18.3 Å². The van der Waals surface area contributed by atoms with Crippen molar-refractivity contribution < 1.29 is 12.4 Å². The molecule has 0 radical (unpaired) electrons. The molecule has 0 unspecified atom stereocenters. The number of hydrogen-bond acceptors (Lipinski definition) is 3. The first-order valence-corrected chi connectivity index (χ1v) is 13.7. The molecule has 5 heteroatoms. The fraction of sp³-hybridized carbons (Fsp3) is 1.00. The molecule has 0 aliphatic heterocycles. The Labute approximate surface area is 96.8 Å². The van der Waals surface area contributed by atoms with Gasteiger partial charge in [0.05, 0.1) is 0 Å². The van der Waals surface area contributed by atoms with Gasteiger partial charge in [-0.25, -0.2) is 0 Å². The van der Waals surface area contributed by atoms with Gasteiger partial charge in [-0.1, -0.05) is 0 Å². The predicted molar refractivity (Wildman–Crippen MR) is 60.8 cm³/mol. The number of halogens is 1. The first kappa shape index (κ1) is 16.2. The van der Waals surface area contributed by atoms with Gasteiger partial charge >= 0.3 is 85.1 Å². The van der Waals surface area contributed by atoms with E-state index in [1.807, 2.05) is 7.05 Å². The maximum atomic E-state index is 3.17. The van der Waals surface area contributed by atoms with Crippen molar-refractivity contribution in [3.8, 4) is 0 Å². The van der Waals surface area contributed by atoms with E-state index in [-0.39, 0.29) is 12.4 Å². The molecule has 74 valence electrons. The van der Waals surface area contributed by atoms with Crippen molar-refractivity contribution in [2.24, 2.45) is 0 Å². The predicted octanol–water partition coefficient (Wildman–Crippen LogP) is -0.796. The largest absolute Gasteiger partial charge is 1.00 e. The number of nitrogens with one attached hydrogen (secondary N) is 1. The summed E-state index contributed by atoms with van der Waals surface area (Å²) in [5.41, 5.74) is 0. The molecule has 0 aliphatic rings. The molecule has 0 aromatic rings. The minimum atomic E-state index is -0.931. The van der Waals surface area contributed by atoms with Gasteiger partial charge in [-0.15, -0.1) is 0 Å². The molecule has 0 amide bonds. The number of rotatable bonds is 7. The molecule has 0 aromatic heterocycles. The summed E-state index contributed by atoms with van der Waals surface area (Å²) < 4.78 is 2.98. The van der Waals surface area contributed by atoms with Gasteiger partial charge in [-0.05, 0) is 0 Å². The Bertz CT molecular complexity index is 87.8. The summed E-state index contributed by atoms with van der Waals surface area (Å²) in [5, 5.41) is 3.17. The van der Waals surface area contributed by atoms with Crippen LogP contribution < -0.4 is 17.7 Å². The third kappa shape index (κ3) is 9.83. The van der Waals surface area contributed by atoms with Crippen LogP contribution in [0.25, 0.3) is 0 Å². The zero-order valence-corrected chi connectivity index (χ0v) is 13.3. The van der Waals surface area contributed by atoms with Crippen LogP contribution in [0, 0.1) is 0 Å². The van der Waals surface area contributed by atoms with Crippen molar-refractivity contribution >= 4 is 39.1 Å². The summed E-state index contributed by atoms with van der Waals surface area (Å²) >= 11 is 1.15. The van der Waals surface area contributed by atoms with Crippen LogP contribution in [0.15, 0.2) is 0 Å². The van der Waals surface area contributed by atoms with Crippen molar-refractivity contribution in [3.05, 3.63) is 0 Å². The Hall–Kier alpha value is 1.75. The van der Waals surface area contributed by atoms with E-state index in [0.717, 1.165) is 5.88 Å². The summed E-state index contributed by atoms with van der Waals surface area (Å²) in [7, 11) is 4.30. The Morgan fingerprint density at radius 3 is 2.42 bits per heavy atom. The molecule has 0 heterocycles. The van der Waals surface area contributed by atoms with Gasteiger partial charge < -0.3 is 12.4 Å². The first-order chi connectivity index (χ1) is 5.35. The standard InChI is InChI=1S/C3H8NS.C2H6S.C2H5.ClH.Sn/c1-4-3-5-2;1-2-3;1-2;;/h4H,2-3H2,1H3;3H,2H2,1H3;1H2,2H3;1H;/q;;;;+2/p-2. The normalized spacial score (nSPS) is 9.25. The second-order valence-electron chi connectivity index (χ2n) is 2.17. The molecule has 0 saturated carbocycles. The molecule has 0 bridgehead atoms. The molecule has 1 nitrogen and oxygen atoms in total. The van der Waals surface area contributed by atoms with Gasteiger partial charge in [0, 0.05) is 0 Å². The van der Waals surface area contributed by atoms with Crippen molar-refractivity contribution in [2.75, 3.05) is 22.4 Å². The summed E-state index contributed by atoms with van der Waals surface area (Å²) in [6.45, 7) is 4.64. The van der Waals surface area contributed by atoms with E-state index in [9.17, 15) is 0 Å². The maximum Gasteiger partial charge on any atom is -1.00 e. The minimum absolute atomic E-state index is 0. The maximum absolute atomic E-state index is 3.17. The SMILES string of the molecule is CC[S][Sn+]([CH2]C)[CH2]SCNC.[Cl-]. The Morgan fingerprint density at radius 2 is 2.00 bits per heavy atom. The van der Waals surface area contributed by atoms with E-state index in [4.69, 9.17) is 0 Å². The third-order valence-corrected chi connectivity index (χ3v) is 20.0. The van der Waals surface area contributed by atoms with Crippen LogP contribution in [-0.4, -0.2) is 40.8 Å². The third-order valence-electron chi connectivity index (χ3n) is 1.25. The summed E-state index contributed by atoms with van der Waals surface area (Å²) in [6, 6.07) is 0. The van der Waals surface area contributed by atoms with Gasteiger partial charge in [0.25, 0.3) is 0 Å². The van der Waals surface area contributed by atoms with Crippen LogP contribution in [0.3, 0.4) is 0 Å². The Balaban J connectivity index is 0. The zero-order valence-electron chi connectivity index (χ0n) is 8.02. The molecular weight excluding hydrogens is 316 g/mol. The minimum Gasteiger partial charge on any atom is -1.00 e. The topological polar surface area (TPSA) is 12.0 Å². The summed E-state index contributed by atoms with van der Waals surface area (Å²) in [4.78, 5) is 0. The molecule has 12 heavy (non-hydrogen) atoms. The monoisotopic (exact) mass is 335 g/mol. The fourth-order valence-electron chi connectivity index (χ4n) is 0.717. The summed E-state index contributed by atoms with van der Waals surface area (Å²) in [5.74, 6) is 2.47. The van der Waals surface area contributed by atoms with Gasteiger partial charge in [0.1, 0.15) is 0 Å². The average molecular weight is 335 g/mol. The first-order valence-electron chi connectivity index (χ1n) is 4.05. The Kier molecular flexibility index (Phi) is 17.2. The molecule has 0 spiro atoms. The molecule has 0 atom stereocenters. The molecule has 0 rings (SSSR count). The van der Waals surface area contributed by atoms with Crippen LogP contribution in [0.2, 0.25) is 4.44 Å². The average Bonchev–Trinajstić information content (AvgIpc) is 2.03. The van der Waals surface area contributed by atoms with Crippen LogP contribution in [0.5, 0.6) is 0 Å². The van der Waals surface area contributed by atoms with E-state index in [1.54, 1.807) is 0 Å². The summed E-state index contributed by atoms with van der Waals surface area (Å²) in [6.07, 6.45) is 0. The van der Waals surface area contributed by atoms with Gasteiger partial charge in [-0.2, -0.15) is 0 Å². The number of thioether (sulfide) groups is 1. The fourth-order valence-corrected chi connectivity index (χ4v) is 16.0. The molecule has 0 saturated heterocycles. The van der Waals surface area contributed by atoms with Crippen LogP contribution in [-0.2, 0) is 0 Å². The van der Waals surface area contributed by atoms with Gasteiger partial charge in [-0.3, -0.25) is 0 Å². The molecule has 1 N–H and O–H groups in total. The van der Waals surface area contributed by atoms with Crippen molar-refractivity contribution in [3.63, 3.8) is 0 Å². The van der Waals surface area contributed by atoms with Crippen LogP contribution in [0.4, 0.5) is 0 Å².